The minimum absolute atomic E-state index is 0.187. The van der Waals surface area contributed by atoms with E-state index in [4.69, 9.17) is 0 Å². The van der Waals surface area contributed by atoms with Gasteiger partial charge >= 0.3 is 0 Å². The molecule has 4 heteroatoms. The molecule has 3 nitrogen and oxygen atoms in total. The highest BCUT2D eigenvalue weighted by Gasteiger charge is 2.33. The minimum atomic E-state index is -0.349. The van der Waals surface area contributed by atoms with Crippen LogP contribution in [0.15, 0.2) is 18.2 Å². The minimum Gasteiger partial charge on any atom is -0.286 e. The van der Waals surface area contributed by atoms with Crippen molar-refractivity contribution in [2.45, 2.75) is 24.5 Å². The van der Waals surface area contributed by atoms with Crippen LogP contribution in [0.5, 0.6) is 0 Å². The van der Waals surface area contributed by atoms with E-state index in [2.05, 4.69) is 17.4 Å². The van der Waals surface area contributed by atoms with E-state index < -0.39 is 0 Å². The zero-order chi connectivity index (χ0) is 11.1. The third-order valence-electron chi connectivity index (χ3n) is 3.11. The predicted molar refractivity (Wildman–Crippen MR) is 62.3 cm³/mol. The Balaban J connectivity index is 1.95. The molecule has 3 rings (SSSR count). The first kappa shape index (κ1) is 9.90. The maximum Gasteiger partial charge on any atom is 0.286 e. The van der Waals surface area contributed by atoms with E-state index in [1.54, 1.807) is 0 Å². The Kier molecular flexibility index (Phi) is 2.24. The van der Waals surface area contributed by atoms with Gasteiger partial charge in [0, 0.05) is 0 Å². The SMILES string of the molecule is O=C1NC(=O)C(c2ccc3c(c2)CCC3)S1. The fourth-order valence-electron chi connectivity index (χ4n) is 2.33. The zero-order valence-electron chi connectivity index (χ0n) is 8.66. The molecule has 2 aliphatic rings. The number of carbonyl (C=O) groups is 2. The van der Waals surface area contributed by atoms with Gasteiger partial charge in [0.05, 0.1) is 0 Å². The lowest BCUT2D eigenvalue weighted by Gasteiger charge is -2.07. The van der Waals surface area contributed by atoms with E-state index in [1.807, 2.05) is 6.07 Å². The number of rotatable bonds is 1. The molecule has 0 aromatic heterocycles. The number of hydrogen-bond acceptors (Lipinski definition) is 3. The van der Waals surface area contributed by atoms with Gasteiger partial charge in [-0.3, -0.25) is 14.9 Å². The van der Waals surface area contributed by atoms with Crippen LogP contribution in [0.1, 0.15) is 28.4 Å². The number of thioether (sulfide) groups is 1. The average molecular weight is 233 g/mol. The summed E-state index contributed by atoms with van der Waals surface area (Å²) in [6.07, 6.45) is 3.43. The van der Waals surface area contributed by atoms with Crippen LogP contribution in [0.3, 0.4) is 0 Å². The van der Waals surface area contributed by atoms with Crippen molar-refractivity contribution in [2.75, 3.05) is 0 Å². The monoisotopic (exact) mass is 233 g/mol. The molecule has 0 radical (unpaired) electrons. The maximum atomic E-state index is 11.5. The molecule has 1 heterocycles. The standard InChI is InChI=1S/C12H11NO2S/c14-11-10(16-12(15)13-11)9-5-4-7-2-1-3-8(7)6-9/h4-6,10H,1-3H2,(H,13,14,15). The van der Waals surface area contributed by atoms with E-state index >= 15 is 0 Å². The predicted octanol–water partition coefficient (Wildman–Crippen LogP) is 2.20. The molecule has 1 unspecified atom stereocenters. The molecule has 1 aliphatic heterocycles. The van der Waals surface area contributed by atoms with Crippen molar-refractivity contribution >= 4 is 22.9 Å². The molecule has 1 N–H and O–H groups in total. The molecule has 1 atom stereocenters. The van der Waals surface area contributed by atoms with Crippen LogP contribution in [0.2, 0.25) is 0 Å². The van der Waals surface area contributed by atoms with E-state index in [9.17, 15) is 9.59 Å². The fourth-order valence-corrected chi connectivity index (χ4v) is 3.15. The highest BCUT2D eigenvalue weighted by atomic mass is 32.2. The number of nitrogens with one attached hydrogen (secondary N) is 1. The van der Waals surface area contributed by atoms with Gasteiger partial charge < -0.3 is 0 Å². The van der Waals surface area contributed by atoms with Crippen LogP contribution >= 0.6 is 11.8 Å². The summed E-state index contributed by atoms with van der Waals surface area (Å²) in [7, 11) is 0. The van der Waals surface area contributed by atoms with Crippen molar-refractivity contribution in [3.63, 3.8) is 0 Å². The molecule has 0 bridgehead atoms. The molecule has 82 valence electrons. The van der Waals surface area contributed by atoms with Crippen LogP contribution < -0.4 is 5.32 Å². The van der Waals surface area contributed by atoms with Crippen LogP contribution in [0.4, 0.5) is 4.79 Å². The Hall–Kier alpha value is -1.29. The number of amides is 2. The third kappa shape index (κ3) is 1.53. The quantitative estimate of drug-likeness (QED) is 0.808. The Labute approximate surface area is 97.6 Å². The number of carbonyl (C=O) groups excluding carboxylic acids is 2. The van der Waals surface area contributed by atoms with Gasteiger partial charge in [0.1, 0.15) is 5.25 Å². The summed E-state index contributed by atoms with van der Waals surface area (Å²) < 4.78 is 0. The summed E-state index contributed by atoms with van der Waals surface area (Å²) in [4.78, 5) is 22.6. The second kappa shape index (κ2) is 3.63. The van der Waals surface area contributed by atoms with Crippen molar-refractivity contribution in [3.8, 4) is 0 Å². The van der Waals surface area contributed by atoms with E-state index in [0.717, 1.165) is 30.2 Å². The average Bonchev–Trinajstić information content (AvgIpc) is 2.83. The van der Waals surface area contributed by atoms with Crippen molar-refractivity contribution in [2.24, 2.45) is 0 Å². The van der Waals surface area contributed by atoms with Gasteiger partial charge in [-0.2, -0.15) is 0 Å². The molecule has 1 aliphatic carbocycles. The van der Waals surface area contributed by atoms with Gasteiger partial charge in [-0.1, -0.05) is 18.2 Å². The van der Waals surface area contributed by atoms with Crippen molar-refractivity contribution in [1.82, 2.24) is 5.32 Å². The van der Waals surface area contributed by atoms with Gasteiger partial charge in [0.2, 0.25) is 5.91 Å². The van der Waals surface area contributed by atoms with Gasteiger partial charge in [0.25, 0.3) is 5.24 Å². The lowest BCUT2D eigenvalue weighted by Crippen LogP contribution is -2.20. The Morgan fingerprint density at radius 2 is 2.00 bits per heavy atom. The van der Waals surface area contributed by atoms with E-state index in [1.165, 1.54) is 17.5 Å². The van der Waals surface area contributed by atoms with Gasteiger partial charge in [-0.15, -0.1) is 0 Å². The molecule has 16 heavy (non-hydrogen) atoms. The van der Waals surface area contributed by atoms with Crippen LogP contribution in [-0.4, -0.2) is 11.1 Å². The van der Waals surface area contributed by atoms with Crippen LogP contribution in [0.25, 0.3) is 0 Å². The summed E-state index contributed by atoms with van der Waals surface area (Å²) in [5.74, 6) is -0.187. The third-order valence-corrected chi connectivity index (χ3v) is 4.15. The number of hydrogen-bond donors (Lipinski definition) is 1. The number of imide groups is 1. The second-order valence-corrected chi connectivity index (χ2v) is 5.23. The van der Waals surface area contributed by atoms with Crippen LogP contribution in [0, 0.1) is 0 Å². The lowest BCUT2D eigenvalue weighted by molar-refractivity contribution is -0.119. The Morgan fingerprint density at radius 3 is 2.75 bits per heavy atom. The first-order valence-corrected chi connectivity index (χ1v) is 6.25. The number of aryl methyl sites for hydroxylation is 2. The molecule has 2 amide bonds. The first-order chi connectivity index (χ1) is 7.74. The highest BCUT2D eigenvalue weighted by Crippen LogP contribution is 2.36. The van der Waals surface area contributed by atoms with E-state index in [0.29, 0.717) is 0 Å². The summed E-state index contributed by atoms with van der Waals surface area (Å²) in [5.41, 5.74) is 3.68. The topological polar surface area (TPSA) is 46.2 Å². The molecular weight excluding hydrogens is 222 g/mol. The highest BCUT2D eigenvalue weighted by molar-refractivity contribution is 8.15. The van der Waals surface area contributed by atoms with E-state index in [-0.39, 0.29) is 16.4 Å². The zero-order valence-corrected chi connectivity index (χ0v) is 9.47. The molecule has 1 aromatic rings. The summed E-state index contributed by atoms with van der Waals surface area (Å²) in [6, 6.07) is 6.15. The molecule has 1 aromatic carbocycles. The first-order valence-electron chi connectivity index (χ1n) is 5.37. The van der Waals surface area contributed by atoms with Crippen molar-refractivity contribution in [3.05, 3.63) is 34.9 Å². The Bertz CT molecular complexity index is 484. The van der Waals surface area contributed by atoms with Gasteiger partial charge in [-0.05, 0) is 47.7 Å². The lowest BCUT2D eigenvalue weighted by atomic mass is 10.0. The molecule has 1 saturated heterocycles. The maximum absolute atomic E-state index is 11.5. The summed E-state index contributed by atoms with van der Waals surface area (Å²) >= 11 is 1.07. The Morgan fingerprint density at radius 1 is 1.19 bits per heavy atom. The normalized spacial score (nSPS) is 23.4. The molecular formula is C12H11NO2S. The number of benzene rings is 1. The number of fused-ring (bicyclic) bond motifs is 1. The molecule has 0 spiro atoms. The van der Waals surface area contributed by atoms with Gasteiger partial charge in [-0.25, -0.2) is 0 Å². The van der Waals surface area contributed by atoms with Crippen molar-refractivity contribution in [1.29, 1.82) is 0 Å². The second-order valence-electron chi connectivity index (χ2n) is 4.16. The summed E-state index contributed by atoms with van der Waals surface area (Å²) in [5, 5.41) is 1.73. The van der Waals surface area contributed by atoms with Gasteiger partial charge in [0.15, 0.2) is 0 Å². The fraction of sp³-hybridized carbons (Fsp3) is 0.333. The van der Waals surface area contributed by atoms with Crippen LogP contribution in [-0.2, 0) is 17.6 Å². The van der Waals surface area contributed by atoms with Crippen molar-refractivity contribution < 1.29 is 9.59 Å². The summed E-state index contributed by atoms with van der Waals surface area (Å²) in [6.45, 7) is 0. The largest absolute Gasteiger partial charge is 0.286 e. The molecule has 1 fully saturated rings. The molecule has 0 saturated carbocycles. The smallest absolute Gasteiger partial charge is 0.286 e.